The van der Waals surface area contributed by atoms with Crippen LogP contribution in [0.2, 0.25) is 0 Å². The molecule has 0 unspecified atom stereocenters. The third kappa shape index (κ3) is 2.82. The molecule has 0 fully saturated rings. The summed E-state index contributed by atoms with van der Waals surface area (Å²) in [7, 11) is 0. The molecule has 0 atom stereocenters. The first kappa shape index (κ1) is 15.3. The summed E-state index contributed by atoms with van der Waals surface area (Å²) >= 11 is 0. The molecule has 4 rings (SSSR count). The van der Waals surface area contributed by atoms with Crippen LogP contribution < -0.4 is 5.73 Å². The van der Waals surface area contributed by atoms with Crippen molar-refractivity contribution < 1.29 is 0 Å². The number of benzene rings is 1. The van der Waals surface area contributed by atoms with Gasteiger partial charge in [0.15, 0.2) is 0 Å². The number of nitrogens with two attached hydrogens (primary N) is 1. The van der Waals surface area contributed by atoms with Crippen molar-refractivity contribution in [2.75, 3.05) is 5.73 Å². The second-order valence-corrected chi connectivity index (χ2v) is 5.87. The Morgan fingerprint density at radius 3 is 2.80 bits per heavy atom. The number of rotatable bonds is 4. The number of fused-ring (bicyclic) bond motifs is 1. The third-order valence-corrected chi connectivity index (χ3v) is 4.07. The van der Waals surface area contributed by atoms with Crippen molar-refractivity contribution >= 4 is 16.9 Å². The molecule has 4 aromatic rings. The van der Waals surface area contributed by atoms with E-state index in [0.29, 0.717) is 17.9 Å². The molecule has 0 spiro atoms. The summed E-state index contributed by atoms with van der Waals surface area (Å²) in [6.45, 7) is 5.45. The minimum Gasteiger partial charge on any atom is -0.368 e. The van der Waals surface area contributed by atoms with Gasteiger partial charge in [0.05, 0.1) is 24.0 Å². The van der Waals surface area contributed by atoms with Crippen LogP contribution in [0.4, 0.5) is 5.95 Å². The van der Waals surface area contributed by atoms with Crippen LogP contribution in [0.5, 0.6) is 0 Å². The normalized spacial score (nSPS) is 11.3. The predicted octanol–water partition coefficient (Wildman–Crippen LogP) is 2.04. The fraction of sp³-hybridized carbons (Fsp3) is 0.235. The molecule has 8 heteroatoms. The van der Waals surface area contributed by atoms with Crippen LogP contribution in [0, 0.1) is 6.92 Å². The number of para-hydroxylation sites is 1. The Morgan fingerprint density at radius 1 is 1.12 bits per heavy atom. The molecule has 0 bridgehead atoms. The van der Waals surface area contributed by atoms with E-state index in [9.17, 15) is 0 Å². The summed E-state index contributed by atoms with van der Waals surface area (Å²) in [6, 6.07) is 7.92. The second-order valence-electron chi connectivity index (χ2n) is 5.87. The standard InChI is InChI=1S/C17H18N8/c1-3-24-8-7-12(22-24)9-25-10-14(21-23-25)16-13-6-4-5-11(2)15(13)19-17(18)20-16/h4-8,10H,3,9H2,1-2H3,(H2,18,19,20). The van der Waals surface area contributed by atoms with Crippen molar-refractivity contribution in [3.63, 3.8) is 0 Å². The van der Waals surface area contributed by atoms with Crippen molar-refractivity contribution in [2.24, 2.45) is 0 Å². The highest BCUT2D eigenvalue weighted by Crippen LogP contribution is 2.26. The van der Waals surface area contributed by atoms with E-state index < -0.39 is 0 Å². The van der Waals surface area contributed by atoms with Crippen LogP contribution in [-0.4, -0.2) is 34.7 Å². The van der Waals surface area contributed by atoms with E-state index in [4.69, 9.17) is 5.73 Å². The first-order valence-electron chi connectivity index (χ1n) is 8.09. The molecule has 25 heavy (non-hydrogen) atoms. The van der Waals surface area contributed by atoms with Gasteiger partial charge in [-0.25, -0.2) is 14.6 Å². The number of aryl methyl sites for hydroxylation is 2. The lowest BCUT2D eigenvalue weighted by Crippen LogP contribution is -2.03. The van der Waals surface area contributed by atoms with Crippen molar-refractivity contribution in [1.29, 1.82) is 0 Å². The molecular weight excluding hydrogens is 316 g/mol. The van der Waals surface area contributed by atoms with Gasteiger partial charge in [0.25, 0.3) is 0 Å². The molecule has 0 aliphatic rings. The van der Waals surface area contributed by atoms with Crippen molar-refractivity contribution in [1.82, 2.24) is 34.7 Å². The van der Waals surface area contributed by atoms with Crippen LogP contribution in [0.25, 0.3) is 22.3 Å². The molecule has 126 valence electrons. The maximum absolute atomic E-state index is 5.89. The third-order valence-electron chi connectivity index (χ3n) is 4.07. The van der Waals surface area contributed by atoms with Gasteiger partial charge >= 0.3 is 0 Å². The summed E-state index contributed by atoms with van der Waals surface area (Å²) in [5.74, 6) is 0.230. The minimum atomic E-state index is 0.230. The van der Waals surface area contributed by atoms with Gasteiger partial charge in [-0.3, -0.25) is 4.68 Å². The Morgan fingerprint density at radius 2 is 2.00 bits per heavy atom. The van der Waals surface area contributed by atoms with Crippen LogP contribution in [0.3, 0.4) is 0 Å². The van der Waals surface area contributed by atoms with Gasteiger partial charge in [-0.1, -0.05) is 23.4 Å². The number of aromatic nitrogens is 7. The lowest BCUT2D eigenvalue weighted by molar-refractivity contribution is 0.603. The minimum absolute atomic E-state index is 0.230. The summed E-state index contributed by atoms with van der Waals surface area (Å²) in [5.41, 5.74) is 10.1. The Kier molecular flexibility index (Phi) is 3.64. The van der Waals surface area contributed by atoms with Crippen molar-refractivity contribution in [3.05, 3.63) is 47.9 Å². The Bertz CT molecular complexity index is 1050. The van der Waals surface area contributed by atoms with E-state index in [1.165, 1.54) is 0 Å². The van der Waals surface area contributed by atoms with E-state index >= 15 is 0 Å². The van der Waals surface area contributed by atoms with Gasteiger partial charge in [0.2, 0.25) is 5.95 Å². The zero-order valence-corrected chi connectivity index (χ0v) is 14.1. The highest BCUT2D eigenvalue weighted by molar-refractivity contribution is 5.93. The first-order valence-corrected chi connectivity index (χ1v) is 8.09. The van der Waals surface area contributed by atoms with Crippen LogP contribution in [0.15, 0.2) is 36.7 Å². The molecule has 0 saturated carbocycles. The molecule has 0 amide bonds. The average molecular weight is 334 g/mol. The van der Waals surface area contributed by atoms with Crippen LogP contribution in [-0.2, 0) is 13.1 Å². The molecule has 0 aliphatic carbocycles. The molecule has 1 aromatic carbocycles. The fourth-order valence-corrected chi connectivity index (χ4v) is 2.82. The van der Waals surface area contributed by atoms with E-state index in [0.717, 1.165) is 28.7 Å². The van der Waals surface area contributed by atoms with E-state index in [-0.39, 0.29) is 5.95 Å². The van der Waals surface area contributed by atoms with Crippen molar-refractivity contribution in [2.45, 2.75) is 26.9 Å². The summed E-state index contributed by atoms with van der Waals surface area (Å²) in [4.78, 5) is 8.73. The largest absolute Gasteiger partial charge is 0.368 e. The monoisotopic (exact) mass is 334 g/mol. The maximum atomic E-state index is 5.89. The van der Waals surface area contributed by atoms with Gasteiger partial charge in [-0.15, -0.1) is 5.10 Å². The topological polar surface area (TPSA) is 100 Å². The number of nitrogens with zero attached hydrogens (tertiary/aromatic N) is 7. The summed E-state index contributed by atoms with van der Waals surface area (Å²) < 4.78 is 3.63. The zero-order valence-electron chi connectivity index (χ0n) is 14.1. The Balaban J connectivity index is 1.72. The smallest absolute Gasteiger partial charge is 0.221 e. The molecule has 3 heterocycles. The molecular formula is C17H18N8. The maximum Gasteiger partial charge on any atom is 0.221 e. The number of hydrogen-bond donors (Lipinski definition) is 1. The molecule has 0 radical (unpaired) electrons. The van der Waals surface area contributed by atoms with Gasteiger partial charge in [-0.2, -0.15) is 5.10 Å². The molecule has 0 aliphatic heterocycles. The second kappa shape index (κ2) is 5.97. The predicted molar refractivity (Wildman–Crippen MR) is 94.7 cm³/mol. The van der Waals surface area contributed by atoms with Gasteiger partial charge in [0, 0.05) is 18.1 Å². The highest BCUT2D eigenvalue weighted by Gasteiger charge is 2.13. The van der Waals surface area contributed by atoms with E-state index in [1.54, 1.807) is 4.68 Å². The van der Waals surface area contributed by atoms with Crippen molar-refractivity contribution in [3.8, 4) is 11.4 Å². The number of hydrogen-bond acceptors (Lipinski definition) is 6. The molecule has 0 saturated heterocycles. The number of anilines is 1. The average Bonchev–Trinajstić information content (AvgIpc) is 3.25. The Hall–Kier alpha value is -3.29. The quantitative estimate of drug-likeness (QED) is 0.613. The fourth-order valence-electron chi connectivity index (χ4n) is 2.82. The van der Waals surface area contributed by atoms with Gasteiger partial charge < -0.3 is 5.73 Å². The summed E-state index contributed by atoms with van der Waals surface area (Å²) in [6.07, 6.45) is 3.81. The summed E-state index contributed by atoms with van der Waals surface area (Å²) in [5, 5.41) is 13.8. The SMILES string of the molecule is CCn1ccc(Cn2cc(-c3nc(N)nc4c(C)cccc34)nn2)n1. The Labute approximate surface area is 144 Å². The van der Waals surface area contributed by atoms with Crippen LogP contribution >= 0.6 is 0 Å². The van der Waals surface area contributed by atoms with E-state index in [2.05, 4.69) is 32.3 Å². The number of nitrogen functional groups attached to an aromatic ring is 1. The van der Waals surface area contributed by atoms with E-state index in [1.807, 2.05) is 48.3 Å². The molecule has 2 N–H and O–H groups in total. The molecule has 8 nitrogen and oxygen atoms in total. The molecule has 3 aromatic heterocycles. The zero-order chi connectivity index (χ0) is 17.4. The first-order chi connectivity index (χ1) is 12.1. The van der Waals surface area contributed by atoms with Crippen LogP contribution in [0.1, 0.15) is 18.2 Å². The van der Waals surface area contributed by atoms with Gasteiger partial charge in [-0.05, 0) is 25.5 Å². The van der Waals surface area contributed by atoms with Gasteiger partial charge in [0.1, 0.15) is 11.4 Å². The lowest BCUT2D eigenvalue weighted by Gasteiger charge is -2.06. The lowest BCUT2D eigenvalue weighted by atomic mass is 10.1. The highest BCUT2D eigenvalue weighted by atomic mass is 15.4.